The molecule has 3 heteroatoms. The Morgan fingerprint density at radius 1 is 1.27 bits per heavy atom. The van der Waals surface area contributed by atoms with E-state index in [1.54, 1.807) is 0 Å². The first-order valence-electron chi connectivity index (χ1n) is 6.20. The van der Waals surface area contributed by atoms with Gasteiger partial charge in [0.2, 0.25) is 0 Å². The lowest BCUT2D eigenvalue weighted by Gasteiger charge is -2.27. The molecule has 1 aliphatic heterocycles. The van der Waals surface area contributed by atoms with Gasteiger partial charge in [0.15, 0.2) is 0 Å². The summed E-state index contributed by atoms with van der Waals surface area (Å²) in [5.41, 5.74) is 0. The van der Waals surface area contributed by atoms with Crippen molar-refractivity contribution in [3.8, 4) is 0 Å². The van der Waals surface area contributed by atoms with Gasteiger partial charge in [-0.2, -0.15) is 23.5 Å². The third-order valence-corrected chi connectivity index (χ3v) is 6.16. The number of rotatable bonds is 5. The van der Waals surface area contributed by atoms with E-state index in [-0.39, 0.29) is 0 Å². The van der Waals surface area contributed by atoms with Crippen molar-refractivity contribution >= 4 is 23.5 Å². The minimum absolute atomic E-state index is 0.789. The van der Waals surface area contributed by atoms with E-state index >= 15 is 0 Å². The standard InChI is InChI=1S/C12H23NS2/c1-9(2)12(10-3-4-10)13-7-11-8-14-5-6-15-11/h9-13H,3-8H2,1-2H3. The van der Waals surface area contributed by atoms with E-state index < -0.39 is 0 Å². The first-order chi connectivity index (χ1) is 7.27. The maximum Gasteiger partial charge on any atom is 0.0263 e. The monoisotopic (exact) mass is 245 g/mol. The highest BCUT2D eigenvalue weighted by molar-refractivity contribution is 8.06. The fourth-order valence-electron chi connectivity index (χ4n) is 2.32. The Morgan fingerprint density at radius 3 is 2.60 bits per heavy atom. The second kappa shape index (κ2) is 5.83. The molecule has 0 aromatic carbocycles. The maximum absolute atomic E-state index is 3.82. The summed E-state index contributed by atoms with van der Waals surface area (Å²) in [5, 5.41) is 4.68. The molecule has 0 bridgehead atoms. The summed E-state index contributed by atoms with van der Waals surface area (Å²) in [4.78, 5) is 0. The average molecular weight is 245 g/mol. The summed E-state index contributed by atoms with van der Waals surface area (Å²) in [6.45, 7) is 5.95. The van der Waals surface area contributed by atoms with Crippen molar-refractivity contribution in [3.05, 3.63) is 0 Å². The maximum atomic E-state index is 3.82. The third-order valence-electron chi connectivity index (χ3n) is 3.31. The van der Waals surface area contributed by atoms with Crippen LogP contribution in [0, 0.1) is 11.8 Å². The molecule has 1 nitrogen and oxygen atoms in total. The molecule has 1 saturated heterocycles. The van der Waals surface area contributed by atoms with Gasteiger partial charge in [0, 0.05) is 35.1 Å². The zero-order chi connectivity index (χ0) is 10.7. The fraction of sp³-hybridized carbons (Fsp3) is 1.00. The highest BCUT2D eigenvalue weighted by atomic mass is 32.2. The van der Waals surface area contributed by atoms with Crippen LogP contribution in [-0.4, -0.2) is 35.1 Å². The van der Waals surface area contributed by atoms with Gasteiger partial charge in [-0.25, -0.2) is 0 Å². The van der Waals surface area contributed by atoms with Crippen molar-refractivity contribution in [2.75, 3.05) is 23.8 Å². The van der Waals surface area contributed by atoms with Gasteiger partial charge in [-0.15, -0.1) is 0 Å². The zero-order valence-electron chi connectivity index (χ0n) is 9.87. The first kappa shape index (κ1) is 12.1. The van der Waals surface area contributed by atoms with E-state index in [2.05, 4.69) is 42.7 Å². The number of nitrogens with one attached hydrogen (secondary N) is 1. The molecule has 1 N–H and O–H groups in total. The number of hydrogen-bond acceptors (Lipinski definition) is 3. The fourth-order valence-corrected chi connectivity index (χ4v) is 4.95. The van der Waals surface area contributed by atoms with Gasteiger partial charge in [-0.1, -0.05) is 13.8 Å². The molecule has 2 rings (SSSR count). The molecular formula is C12H23NS2. The van der Waals surface area contributed by atoms with Crippen molar-refractivity contribution in [1.82, 2.24) is 5.32 Å². The van der Waals surface area contributed by atoms with Gasteiger partial charge < -0.3 is 5.32 Å². The van der Waals surface area contributed by atoms with Crippen LogP contribution in [0.2, 0.25) is 0 Å². The van der Waals surface area contributed by atoms with E-state index in [4.69, 9.17) is 0 Å². The largest absolute Gasteiger partial charge is 0.312 e. The van der Waals surface area contributed by atoms with Crippen molar-refractivity contribution in [1.29, 1.82) is 0 Å². The lowest BCUT2D eigenvalue weighted by atomic mass is 9.99. The molecule has 2 aliphatic rings. The van der Waals surface area contributed by atoms with E-state index in [1.807, 2.05) is 0 Å². The molecule has 0 amide bonds. The molecule has 0 radical (unpaired) electrons. The van der Waals surface area contributed by atoms with Crippen LogP contribution in [0.4, 0.5) is 0 Å². The highest BCUT2D eigenvalue weighted by Gasteiger charge is 2.33. The summed E-state index contributed by atoms with van der Waals surface area (Å²) in [6, 6.07) is 0.789. The van der Waals surface area contributed by atoms with Crippen LogP contribution in [0.15, 0.2) is 0 Å². The van der Waals surface area contributed by atoms with Crippen molar-refractivity contribution in [2.45, 2.75) is 38.0 Å². The van der Waals surface area contributed by atoms with Gasteiger partial charge in [0.25, 0.3) is 0 Å². The normalized spacial score (nSPS) is 29.4. The molecule has 1 aliphatic carbocycles. The van der Waals surface area contributed by atoms with Crippen LogP contribution in [-0.2, 0) is 0 Å². The van der Waals surface area contributed by atoms with E-state index in [9.17, 15) is 0 Å². The smallest absolute Gasteiger partial charge is 0.0263 e. The molecule has 2 fully saturated rings. The minimum atomic E-state index is 0.789. The van der Waals surface area contributed by atoms with Gasteiger partial charge in [-0.05, 0) is 24.7 Å². The van der Waals surface area contributed by atoms with Crippen LogP contribution in [0.5, 0.6) is 0 Å². The summed E-state index contributed by atoms with van der Waals surface area (Å²) >= 11 is 4.29. The second-order valence-corrected chi connectivity index (χ2v) is 7.64. The molecule has 1 heterocycles. The van der Waals surface area contributed by atoms with E-state index in [0.29, 0.717) is 0 Å². The predicted molar refractivity (Wildman–Crippen MR) is 72.9 cm³/mol. The minimum Gasteiger partial charge on any atom is -0.312 e. The number of thioether (sulfide) groups is 2. The van der Waals surface area contributed by atoms with Crippen LogP contribution >= 0.6 is 23.5 Å². The van der Waals surface area contributed by atoms with Crippen LogP contribution in [0.25, 0.3) is 0 Å². The molecule has 88 valence electrons. The predicted octanol–water partition coefficient (Wildman–Crippen LogP) is 2.86. The Hall–Kier alpha value is 0.660. The van der Waals surface area contributed by atoms with E-state index in [1.165, 1.54) is 36.6 Å². The summed E-state index contributed by atoms with van der Waals surface area (Å²) < 4.78 is 0. The third kappa shape index (κ3) is 3.86. The van der Waals surface area contributed by atoms with Crippen LogP contribution < -0.4 is 5.32 Å². The molecule has 0 aromatic heterocycles. The lowest BCUT2D eigenvalue weighted by Crippen LogP contribution is -2.40. The Kier molecular flexibility index (Phi) is 4.71. The highest BCUT2D eigenvalue weighted by Crippen LogP contribution is 2.36. The molecule has 0 spiro atoms. The Morgan fingerprint density at radius 2 is 2.07 bits per heavy atom. The van der Waals surface area contributed by atoms with Crippen LogP contribution in [0.1, 0.15) is 26.7 Å². The molecule has 2 unspecified atom stereocenters. The number of hydrogen-bond donors (Lipinski definition) is 1. The van der Waals surface area contributed by atoms with Crippen molar-refractivity contribution in [3.63, 3.8) is 0 Å². The average Bonchev–Trinajstić information content (AvgIpc) is 3.03. The summed E-state index contributed by atoms with van der Waals surface area (Å²) in [5.74, 6) is 5.86. The van der Waals surface area contributed by atoms with Gasteiger partial charge in [0.05, 0.1) is 0 Å². The summed E-state index contributed by atoms with van der Waals surface area (Å²) in [7, 11) is 0. The van der Waals surface area contributed by atoms with Crippen molar-refractivity contribution in [2.24, 2.45) is 11.8 Å². The molecule has 15 heavy (non-hydrogen) atoms. The van der Waals surface area contributed by atoms with Gasteiger partial charge in [0.1, 0.15) is 0 Å². The Balaban J connectivity index is 1.69. The zero-order valence-corrected chi connectivity index (χ0v) is 11.5. The quantitative estimate of drug-likeness (QED) is 0.800. The molecule has 0 aromatic rings. The second-order valence-electron chi connectivity index (χ2n) is 5.08. The van der Waals surface area contributed by atoms with Crippen molar-refractivity contribution < 1.29 is 0 Å². The molecule has 2 atom stereocenters. The summed E-state index contributed by atoms with van der Waals surface area (Å²) in [6.07, 6.45) is 2.92. The topological polar surface area (TPSA) is 12.0 Å². The first-order valence-corrected chi connectivity index (χ1v) is 8.40. The van der Waals surface area contributed by atoms with Gasteiger partial charge >= 0.3 is 0 Å². The lowest BCUT2D eigenvalue weighted by molar-refractivity contribution is 0.363. The SMILES string of the molecule is CC(C)C(NCC1CSCCS1)C1CC1. The van der Waals surface area contributed by atoms with Gasteiger partial charge in [-0.3, -0.25) is 0 Å². The Bertz CT molecular complexity index is 184. The molecule has 1 saturated carbocycles. The van der Waals surface area contributed by atoms with E-state index in [0.717, 1.165) is 23.1 Å². The molecular weight excluding hydrogens is 222 g/mol. The van der Waals surface area contributed by atoms with Crippen LogP contribution in [0.3, 0.4) is 0 Å². The Labute approximate surface area is 103 Å².